The Bertz CT molecular complexity index is 1620. The second-order valence-electron chi connectivity index (χ2n) is 25.8. The number of unbranched alkanes of at least 4 members (excludes halogenated alkanes) is 18. The molecule has 1 nitrogen and oxygen atoms in total. The SMILES string of the molecule is CCCCCCCCCCCCC1(CCCCCCCCCCCC)C2=CC3CC(C)C([Si](C)(C)N(C4CCCCC4)C(C)(C)C)C3C=C2c2cc3c(cc21)C(C)(C)CCC3(C)C. The summed E-state index contributed by atoms with van der Waals surface area (Å²) in [6.45, 7) is 31.1. The van der Waals surface area contributed by atoms with E-state index in [1.165, 1.54) is 193 Å². The van der Waals surface area contributed by atoms with Crippen LogP contribution in [0.25, 0.3) is 5.57 Å². The zero-order chi connectivity index (χ0) is 45.5. The first-order valence-electron chi connectivity index (χ1n) is 28.4. The van der Waals surface area contributed by atoms with Gasteiger partial charge >= 0.3 is 0 Å². The van der Waals surface area contributed by atoms with Crippen molar-refractivity contribution in [2.24, 2.45) is 17.8 Å². The molecule has 5 aliphatic rings. The summed E-state index contributed by atoms with van der Waals surface area (Å²) in [6, 6.07) is 6.49. The molecule has 0 amide bonds. The lowest BCUT2D eigenvalue weighted by atomic mass is 9.61. The fraction of sp³-hybridized carbons (Fsp3) is 0.836. The third-order valence-electron chi connectivity index (χ3n) is 18.5. The Morgan fingerprint density at radius 3 is 1.54 bits per heavy atom. The van der Waals surface area contributed by atoms with Crippen LogP contribution in [0.2, 0.25) is 18.6 Å². The summed E-state index contributed by atoms with van der Waals surface area (Å²) in [5.41, 5.74) is 12.0. The lowest BCUT2D eigenvalue weighted by molar-refractivity contribution is 0.139. The largest absolute Gasteiger partial charge is 0.316 e. The van der Waals surface area contributed by atoms with Crippen molar-refractivity contribution in [3.05, 3.63) is 52.1 Å². The van der Waals surface area contributed by atoms with Crippen LogP contribution < -0.4 is 0 Å². The molecule has 2 saturated carbocycles. The Morgan fingerprint density at radius 1 is 0.603 bits per heavy atom. The highest BCUT2D eigenvalue weighted by molar-refractivity contribution is 6.76. The molecule has 63 heavy (non-hydrogen) atoms. The molecule has 0 spiro atoms. The van der Waals surface area contributed by atoms with E-state index in [9.17, 15) is 0 Å². The molecule has 4 atom stereocenters. The van der Waals surface area contributed by atoms with Gasteiger partial charge in [0.1, 0.15) is 8.24 Å². The maximum absolute atomic E-state index is 3.21. The zero-order valence-corrected chi connectivity index (χ0v) is 45.4. The average Bonchev–Trinajstić information content (AvgIpc) is 3.70. The topological polar surface area (TPSA) is 3.24 Å². The number of nitrogens with zero attached hydrogens (tertiary/aromatic N) is 1. The highest BCUT2D eigenvalue weighted by Crippen LogP contribution is 2.64. The predicted octanol–water partition coefficient (Wildman–Crippen LogP) is 19.5. The van der Waals surface area contributed by atoms with E-state index in [0.717, 1.165) is 17.5 Å². The van der Waals surface area contributed by atoms with Crippen molar-refractivity contribution in [3.8, 4) is 0 Å². The zero-order valence-electron chi connectivity index (χ0n) is 44.4. The van der Waals surface area contributed by atoms with Gasteiger partial charge in [-0.05, 0) is 133 Å². The first kappa shape index (κ1) is 51.3. The molecule has 5 aliphatic carbocycles. The van der Waals surface area contributed by atoms with Crippen LogP contribution in [-0.2, 0) is 16.2 Å². The molecule has 1 aromatic rings. The van der Waals surface area contributed by atoms with Gasteiger partial charge in [-0.15, -0.1) is 0 Å². The number of benzene rings is 1. The fourth-order valence-corrected chi connectivity index (χ4v) is 21.5. The minimum atomic E-state index is -1.86. The van der Waals surface area contributed by atoms with Crippen molar-refractivity contribution in [1.29, 1.82) is 0 Å². The van der Waals surface area contributed by atoms with E-state index in [4.69, 9.17) is 0 Å². The Balaban J connectivity index is 1.35. The van der Waals surface area contributed by atoms with Crippen molar-refractivity contribution in [1.82, 2.24) is 4.57 Å². The molecule has 4 unspecified atom stereocenters. The van der Waals surface area contributed by atoms with Gasteiger partial charge in [-0.3, -0.25) is 0 Å². The third kappa shape index (κ3) is 11.8. The van der Waals surface area contributed by atoms with E-state index >= 15 is 0 Å². The summed E-state index contributed by atoms with van der Waals surface area (Å²) in [5.74, 6) is 2.15. The summed E-state index contributed by atoms with van der Waals surface area (Å²) < 4.78 is 3.21. The van der Waals surface area contributed by atoms with Crippen LogP contribution >= 0.6 is 0 Å². The van der Waals surface area contributed by atoms with Gasteiger partial charge in [0.15, 0.2) is 0 Å². The highest BCUT2D eigenvalue weighted by atomic mass is 28.3. The van der Waals surface area contributed by atoms with E-state index in [1.807, 2.05) is 5.57 Å². The lowest BCUT2D eigenvalue weighted by Crippen LogP contribution is -2.65. The Hall–Kier alpha value is -1.12. The molecule has 0 bridgehead atoms. The van der Waals surface area contributed by atoms with Gasteiger partial charge in [0.05, 0.1) is 0 Å². The smallest absolute Gasteiger partial charge is 0.127 e. The maximum Gasteiger partial charge on any atom is 0.127 e. The van der Waals surface area contributed by atoms with Gasteiger partial charge < -0.3 is 4.57 Å². The van der Waals surface area contributed by atoms with Crippen LogP contribution in [0.5, 0.6) is 0 Å². The number of hydrogen-bond donors (Lipinski definition) is 0. The van der Waals surface area contributed by atoms with E-state index in [0.29, 0.717) is 11.8 Å². The second-order valence-corrected chi connectivity index (χ2v) is 30.2. The van der Waals surface area contributed by atoms with Crippen LogP contribution in [0, 0.1) is 17.8 Å². The number of fused-ring (bicyclic) bond motifs is 5. The molecular formula is C61H105NSi. The Morgan fingerprint density at radius 2 is 1.06 bits per heavy atom. The van der Waals surface area contributed by atoms with Crippen molar-refractivity contribution < 1.29 is 0 Å². The minimum absolute atomic E-state index is 0.174. The van der Waals surface area contributed by atoms with Gasteiger partial charge in [0, 0.05) is 17.0 Å². The molecule has 0 saturated heterocycles. The average molecular weight is 881 g/mol. The van der Waals surface area contributed by atoms with Gasteiger partial charge in [0.2, 0.25) is 0 Å². The van der Waals surface area contributed by atoms with E-state index in [1.54, 1.807) is 27.8 Å². The molecule has 0 N–H and O–H groups in total. The fourth-order valence-electron chi connectivity index (χ4n) is 15.4. The van der Waals surface area contributed by atoms with Crippen LogP contribution in [-0.4, -0.2) is 24.4 Å². The summed E-state index contributed by atoms with van der Waals surface area (Å²) in [4.78, 5) is 0. The van der Waals surface area contributed by atoms with Gasteiger partial charge in [-0.1, -0.05) is 234 Å². The molecule has 0 heterocycles. The van der Waals surface area contributed by atoms with Gasteiger partial charge in [-0.2, -0.15) is 0 Å². The van der Waals surface area contributed by atoms with E-state index < -0.39 is 8.24 Å². The summed E-state index contributed by atoms with van der Waals surface area (Å²) >= 11 is 0. The normalized spacial score (nSPS) is 25.1. The Kier molecular flexibility index (Phi) is 18.2. The minimum Gasteiger partial charge on any atom is -0.316 e. The van der Waals surface area contributed by atoms with Crippen LogP contribution in [0.15, 0.2) is 29.9 Å². The number of allylic oxidation sites excluding steroid dienone is 4. The highest BCUT2D eigenvalue weighted by Gasteiger charge is 2.57. The molecular weight excluding hydrogens is 775 g/mol. The van der Waals surface area contributed by atoms with Gasteiger partial charge in [-0.25, -0.2) is 0 Å². The summed E-state index contributed by atoms with van der Waals surface area (Å²) in [6.07, 6.45) is 48.3. The molecule has 358 valence electrons. The summed E-state index contributed by atoms with van der Waals surface area (Å²) in [7, 11) is -1.86. The van der Waals surface area contributed by atoms with Gasteiger partial charge in [0.25, 0.3) is 0 Å². The molecule has 0 aliphatic heterocycles. The molecule has 2 heteroatoms. The first-order valence-corrected chi connectivity index (χ1v) is 31.5. The van der Waals surface area contributed by atoms with Crippen molar-refractivity contribution in [2.45, 2.75) is 308 Å². The van der Waals surface area contributed by atoms with Crippen molar-refractivity contribution in [3.63, 3.8) is 0 Å². The standard InChI is InChI=1S/C61H105NSi/c1-13-15-17-19-21-23-25-27-29-34-38-61(39-35-30-28-26-24-22-20-18-16-14-2)53-43-48-42-47(3)57(63(11,12)62(58(4,5)6)49-36-32-31-33-37-49)50(48)44-51(53)52-45-55-56(46-54(52)61)60(9,10)41-40-59(55,7)8/h43-50,57H,13-42H2,1-12H3. The second kappa shape index (κ2) is 22.3. The van der Waals surface area contributed by atoms with Crippen LogP contribution in [0.4, 0.5) is 0 Å². The molecule has 2 fully saturated rings. The third-order valence-corrected chi connectivity index (χ3v) is 23.4. The van der Waals surface area contributed by atoms with Crippen molar-refractivity contribution >= 4 is 13.8 Å². The summed E-state index contributed by atoms with van der Waals surface area (Å²) in [5, 5.41) is 0. The molecule has 0 radical (unpaired) electrons. The lowest BCUT2D eigenvalue weighted by Gasteiger charge is -2.56. The maximum atomic E-state index is 3.21. The monoisotopic (exact) mass is 880 g/mol. The Labute approximate surface area is 394 Å². The first-order chi connectivity index (χ1) is 30.0. The van der Waals surface area contributed by atoms with Crippen molar-refractivity contribution in [2.75, 3.05) is 0 Å². The molecule has 6 rings (SSSR count). The predicted molar refractivity (Wildman–Crippen MR) is 283 cm³/mol. The quantitative estimate of drug-likeness (QED) is 0.0699. The van der Waals surface area contributed by atoms with E-state index in [-0.39, 0.29) is 21.8 Å². The number of hydrogen-bond acceptors (Lipinski definition) is 1. The molecule has 0 aromatic heterocycles. The molecule has 1 aromatic carbocycles. The number of rotatable bonds is 25. The van der Waals surface area contributed by atoms with Crippen LogP contribution in [0.1, 0.15) is 284 Å². The van der Waals surface area contributed by atoms with E-state index in [2.05, 4.69) is 111 Å². The van der Waals surface area contributed by atoms with Crippen LogP contribution in [0.3, 0.4) is 0 Å².